The van der Waals surface area contributed by atoms with E-state index in [0.29, 0.717) is 12.0 Å². The summed E-state index contributed by atoms with van der Waals surface area (Å²) in [4.78, 5) is 0. The summed E-state index contributed by atoms with van der Waals surface area (Å²) in [6.07, 6.45) is 3.32. The molecule has 0 saturated heterocycles. The second-order valence-corrected chi connectivity index (χ2v) is 6.11. The minimum absolute atomic E-state index is 0.143. The van der Waals surface area contributed by atoms with Crippen molar-refractivity contribution in [2.75, 3.05) is 6.54 Å². The molecule has 0 amide bonds. The van der Waals surface area contributed by atoms with Crippen molar-refractivity contribution in [2.24, 2.45) is 0 Å². The third-order valence-corrected chi connectivity index (χ3v) is 4.39. The van der Waals surface area contributed by atoms with E-state index in [-0.39, 0.29) is 5.82 Å². The molecule has 3 rings (SSSR count). The van der Waals surface area contributed by atoms with Crippen LogP contribution >= 0.6 is 0 Å². The molecule has 1 nitrogen and oxygen atoms in total. The Balaban J connectivity index is 1.41. The largest absolute Gasteiger partial charge is 0.314 e. The molecule has 110 valence electrons. The van der Waals surface area contributed by atoms with Gasteiger partial charge in [0.05, 0.1) is 0 Å². The maximum atomic E-state index is 13.1. The van der Waals surface area contributed by atoms with Gasteiger partial charge >= 0.3 is 0 Å². The molecule has 2 aromatic rings. The molecule has 1 saturated carbocycles. The Bertz CT molecular complexity index is 602. The zero-order chi connectivity index (χ0) is 14.7. The lowest BCUT2D eigenvalue weighted by molar-refractivity contribution is 0.292. The van der Waals surface area contributed by atoms with Crippen LogP contribution in [0.15, 0.2) is 48.5 Å². The molecule has 0 unspecified atom stereocenters. The number of halogens is 1. The Kier molecular flexibility index (Phi) is 4.35. The summed E-state index contributed by atoms with van der Waals surface area (Å²) >= 11 is 0. The normalized spacial score (nSPS) is 21.0. The summed E-state index contributed by atoms with van der Waals surface area (Å²) in [6.45, 7) is 3.07. The lowest BCUT2D eigenvalue weighted by atomic mass is 9.75. The van der Waals surface area contributed by atoms with Crippen molar-refractivity contribution in [3.05, 3.63) is 71.0 Å². The van der Waals surface area contributed by atoms with Gasteiger partial charge in [-0.2, -0.15) is 0 Å². The van der Waals surface area contributed by atoms with Crippen molar-refractivity contribution in [1.82, 2.24) is 5.32 Å². The van der Waals surface area contributed by atoms with Crippen LogP contribution in [-0.2, 0) is 6.42 Å². The molecule has 0 atom stereocenters. The van der Waals surface area contributed by atoms with E-state index in [1.165, 1.54) is 30.0 Å². The molecule has 1 N–H and O–H groups in total. The molecule has 0 aliphatic heterocycles. The van der Waals surface area contributed by atoms with Crippen LogP contribution < -0.4 is 5.32 Å². The summed E-state index contributed by atoms with van der Waals surface area (Å²) in [5.74, 6) is 0.562. The first-order valence-electron chi connectivity index (χ1n) is 7.75. The standard InChI is InChI=1S/C19H22FN/c1-14-4-2-6-16(10-14)17-12-19(13-17)21-9-8-15-5-3-7-18(20)11-15/h2-7,10-11,17,19,21H,8-9,12-13H2,1H3. The number of aryl methyl sites for hydroxylation is 1. The number of benzene rings is 2. The van der Waals surface area contributed by atoms with Crippen molar-refractivity contribution >= 4 is 0 Å². The van der Waals surface area contributed by atoms with Crippen molar-refractivity contribution in [2.45, 2.75) is 38.1 Å². The lowest BCUT2D eigenvalue weighted by Gasteiger charge is -2.36. The second kappa shape index (κ2) is 6.40. The molecule has 1 aliphatic carbocycles. The van der Waals surface area contributed by atoms with E-state index in [9.17, 15) is 4.39 Å². The number of hydrogen-bond donors (Lipinski definition) is 1. The highest BCUT2D eigenvalue weighted by Crippen LogP contribution is 2.36. The minimum Gasteiger partial charge on any atom is -0.314 e. The van der Waals surface area contributed by atoms with E-state index >= 15 is 0 Å². The lowest BCUT2D eigenvalue weighted by Crippen LogP contribution is -2.40. The second-order valence-electron chi connectivity index (χ2n) is 6.11. The fourth-order valence-electron chi connectivity index (χ4n) is 3.09. The van der Waals surface area contributed by atoms with E-state index in [4.69, 9.17) is 0 Å². The van der Waals surface area contributed by atoms with Crippen molar-refractivity contribution in [3.63, 3.8) is 0 Å². The molecule has 0 radical (unpaired) electrons. The van der Waals surface area contributed by atoms with Crippen LogP contribution in [0.25, 0.3) is 0 Å². The van der Waals surface area contributed by atoms with E-state index in [0.717, 1.165) is 18.5 Å². The number of nitrogens with one attached hydrogen (secondary N) is 1. The maximum absolute atomic E-state index is 13.1. The Morgan fingerprint density at radius 2 is 1.90 bits per heavy atom. The van der Waals surface area contributed by atoms with E-state index in [1.807, 2.05) is 6.07 Å². The van der Waals surface area contributed by atoms with E-state index in [1.54, 1.807) is 12.1 Å². The molecule has 0 heterocycles. The van der Waals surface area contributed by atoms with Gasteiger partial charge in [0.25, 0.3) is 0 Å². The summed E-state index contributed by atoms with van der Waals surface area (Å²) in [5.41, 5.74) is 3.88. The SMILES string of the molecule is Cc1cccc(C2CC(NCCc3cccc(F)c3)C2)c1. The highest BCUT2D eigenvalue weighted by Gasteiger charge is 2.29. The first-order valence-corrected chi connectivity index (χ1v) is 7.75. The van der Waals surface area contributed by atoms with Gasteiger partial charge in [0.15, 0.2) is 0 Å². The molecule has 2 aromatic carbocycles. The predicted molar refractivity (Wildman–Crippen MR) is 85.0 cm³/mol. The summed E-state index contributed by atoms with van der Waals surface area (Å²) in [6, 6.07) is 16.3. The quantitative estimate of drug-likeness (QED) is 0.866. The zero-order valence-corrected chi connectivity index (χ0v) is 12.5. The van der Waals surface area contributed by atoms with Gasteiger partial charge in [0.1, 0.15) is 5.82 Å². The topological polar surface area (TPSA) is 12.0 Å². The van der Waals surface area contributed by atoms with Crippen LogP contribution in [0.5, 0.6) is 0 Å². The fourth-order valence-corrected chi connectivity index (χ4v) is 3.09. The van der Waals surface area contributed by atoms with Crippen LogP contribution in [0.1, 0.15) is 35.4 Å². The van der Waals surface area contributed by atoms with E-state index in [2.05, 4.69) is 36.5 Å². The Hall–Kier alpha value is -1.67. The van der Waals surface area contributed by atoms with Crippen LogP contribution in [-0.4, -0.2) is 12.6 Å². The first-order chi connectivity index (χ1) is 10.2. The molecule has 21 heavy (non-hydrogen) atoms. The highest BCUT2D eigenvalue weighted by molar-refractivity contribution is 5.27. The monoisotopic (exact) mass is 283 g/mol. The smallest absolute Gasteiger partial charge is 0.123 e. The number of rotatable bonds is 5. The van der Waals surface area contributed by atoms with Gasteiger partial charge < -0.3 is 5.32 Å². The van der Waals surface area contributed by atoms with Gasteiger partial charge in [-0.3, -0.25) is 0 Å². The molecule has 0 spiro atoms. The maximum Gasteiger partial charge on any atom is 0.123 e. The first kappa shape index (κ1) is 14.3. The van der Waals surface area contributed by atoms with Crippen molar-refractivity contribution < 1.29 is 4.39 Å². The molecule has 2 heteroatoms. The van der Waals surface area contributed by atoms with E-state index < -0.39 is 0 Å². The van der Waals surface area contributed by atoms with Crippen molar-refractivity contribution in [1.29, 1.82) is 0 Å². The summed E-state index contributed by atoms with van der Waals surface area (Å²) in [5, 5.41) is 3.58. The predicted octanol–water partition coefficient (Wildman–Crippen LogP) is 4.21. The van der Waals surface area contributed by atoms with Crippen molar-refractivity contribution in [3.8, 4) is 0 Å². The Morgan fingerprint density at radius 1 is 1.10 bits per heavy atom. The average molecular weight is 283 g/mol. The van der Waals surface area contributed by atoms with Gasteiger partial charge in [-0.1, -0.05) is 42.0 Å². The fraction of sp³-hybridized carbons (Fsp3) is 0.368. The van der Waals surface area contributed by atoms with Crippen LogP contribution in [0.2, 0.25) is 0 Å². The molecule has 1 fully saturated rings. The van der Waals surface area contributed by atoms with Gasteiger partial charge in [-0.05, 0) is 61.9 Å². The molecular formula is C19H22FN. The Labute approximate surface area is 126 Å². The Morgan fingerprint density at radius 3 is 2.67 bits per heavy atom. The van der Waals surface area contributed by atoms with Gasteiger partial charge in [0.2, 0.25) is 0 Å². The summed E-state index contributed by atoms with van der Waals surface area (Å²) < 4.78 is 13.1. The molecule has 0 aromatic heterocycles. The minimum atomic E-state index is -0.143. The third-order valence-electron chi connectivity index (χ3n) is 4.39. The molecular weight excluding hydrogens is 261 g/mol. The third kappa shape index (κ3) is 3.70. The molecule has 0 bridgehead atoms. The van der Waals surface area contributed by atoms with Crippen LogP contribution in [0.3, 0.4) is 0 Å². The highest BCUT2D eigenvalue weighted by atomic mass is 19.1. The van der Waals surface area contributed by atoms with Gasteiger partial charge in [-0.15, -0.1) is 0 Å². The van der Waals surface area contributed by atoms with Gasteiger partial charge in [-0.25, -0.2) is 4.39 Å². The number of hydrogen-bond acceptors (Lipinski definition) is 1. The van der Waals surface area contributed by atoms with Crippen LogP contribution in [0, 0.1) is 12.7 Å². The summed E-state index contributed by atoms with van der Waals surface area (Å²) in [7, 11) is 0. The zero-order valence-electron chi connectivity index (χ0n) is 12.5. The van der Waals surface area contributed by atoms with Crippen LogP contribution in [0.4, 0.5) is 4.39 Å². The average Bonchev–Trinajstić information content (AvgIpc) is 2.41. The van der Waals surface area contributed by atoms with Gasteiger partial charge in [0, 0.05) is 6.04 Å². The molecule has 1 aliphatic rings.